The van der Waals surface area contributed by atoms with Gasteiger partial charge in [-0.1, -0.05) is 0 Å². The molecule has 1 aliphatic carbocycles. The van der Waals surface area contributed by atoms with Gasteiger partial charge in [-0.2, -0.15) is 0 Å². The number of hydrogen-bond acceptors (Lipinski definition) is 5. The van der Waals surface area contributed by atoms with Gasteiger partial charge in [0.2, 0.25) is 5.56 Å². The Balaban J connectivity index is 1.47. The summed E-state index contributed by atoms with van der Waals surface area (Å²) < 4.78 is 5.44. The number of hydrogen-bond donors (Lipinski definition) is 2. The first-order valence-electron chi connectivity index (χ1n) is 7.90. The summed E-state index contributed by atoms with van der Waals surface area (Å²) in [6, 6.07) is 2.19. The fourth-order valence-electron chi connectivity index (χ4n) is 3.14. The van der Waals surface area contributed by atoms with Crippen LogP contribution in [-0.2, 0) is 0 Å². The topological polar surface area (TPSA) is 94.3 Å². The molecule has 0 atom stereocenters. The Kier molecular flexibility index (Phi) is 3.33. The highest BCUT2D eigenvalue weighted by Crippen LogP contribution is 2.28. The third-order valence-electron chi connectivity index (χ3n) is 4.54. The molecule has 2 N–H and O–H groups in total. The highest BCUT2D eigenvalue weighted by Gasteiger charge is 2.33. The number of carbonyl (C=O) groups is 1. The number of nitrogens with zero attached hydrogens (tertiary/aromatic N) is 3. The summed E-state index contributed by atoms with van der Waals surface area (Å²) in [5, 5.41) is 7.34. The van der Waals surface area contributed by atoms with E-state index < -0.39 is 0 Å². The minimum absolute atomic E-state index is 0.211. The van der Waals surface area contributed by atoms with Crippen LogP contribution in [0.4, 0.5) is 4.79 Å². The molecule has 2 aromatic heterocycles. The van der Waals surface area contributed by atoms with E-state index in [1.807, 2.05) is 0 Å². The Labute approximate surface area is 132 Å². The first-order chi connectivity index (χ1) is 11.1. The molecule has 8 nitrogen and oxygen atoms in total. The normalized spacial score (nSPS) is 19.3. The molecule has 1 amide bonds. The van der Waals surface area contributed by atoms with Crippen molar-refractivity contribution in [1.82, 2.24) is 25.0 Å². The van der Waals surface area contributed by atoms with Gasteiger partial charge in [-0.25, -0.2) is 4.79 Å². The fourth-order valence-corrected chi connectivity index (χ4v) is 3.14. The second kappa shape index (κ2) is 5.38. The molecule has 122 valence electrons. The zero-order valence-electron chi connectivity index (χ0n) is 13.0. The van der Waals surface area contributed by atoms with E-state index in [1.165, 1.54) is 18.9 Å². The lowest BCUT2D eigenvalue weighted by Gasteiger charge is -2.33. The lowest BCUT2D eigenvalue weighted by atomic mass is 10.2. The molecule has 1 saturated carbocycles. The zero-order chi connectivity index (χ0) is 16.0. The highest BCUT2D eigenvalue weighted by atomic mass is 16.6. The average Bonchev–Trinajstić information content (AvgIpc) is 3.30. The number of piperazine rings is 1. The maximum atomic E-state index is 12.3. The van der Waals surface area contributed by atoms with Gasteiger partial charge in [0.25, 0.3) is 5.88 Å². The predicted molar refractivity (Wildman–Crippen MR) is 83.6 cm³/mol. The van der Waals surface area contributed by atoms with E-state index >= 15 is 0 Å². The predicted octanol–water partition coefficient (Wildman–Crippen LogP) is 0.838. The average molecular weight is 317 g/mol. The third kappa shape index (κ3) is 2.70. The number of aromatic amines is 2. The summed E-state index contributed by atoms with van der Waals surface area (Å²) >= 11 is 0. The SMILES string of the molecule is Cc1cc(=O)[nH]c2[nH]nc(OC(=O)N3CCN(C4CC4)CC3)c12. The maximum absolute atomic E-state index is 12.3. The minimum Gasteiger partial charge on any atom is -0.389 e. The van der Waals surface area contributed by atoms with Crippen molar-refractivity contribution in [2.75, 3.05) is 26.2 Å². The third-order valence-corrected chi connectivity index (χ3v) is 4.54. The van der Waals surface area contributed by atoms with Gasteiger partial charge < -0.3 is 14.6 Å². The number of nitrogens with one attached hydrogen (secondary N) is 2. The van der Waals surface area contributed by atoms with Crippen molar-refractivity contribution in [3.8, 4) is 5.88 Å². The number of fused-ring (bicyclic) bond motifs is 1. The summed E-state index contributed by atoms with van der Waals surface area (Å²) in [5.74, 6) is 0.211. The number of carbonyl (C=O) groups excluding carboxylic acids is 1. The van der Waals surface area contributed by atoms with E-state index in [0.717, 1.165) is 24.7 Å². The summed E-state index contributed by atoms with van der Waals surface area (Å²) in [6.07, 6.45) is 2.17. The second-order valence-electron chi connectivity index (χ2n) is 6.22. The first-order valence-corrected chi connectivity index (χ1v) is 7.90. The molecule has 0 bridgehead atoms. The van der Waals surface area contributed by atoms with Crippen LogP contribution in [0.5, 0.6) is 5.88 Å². The number of aryl methyl sites for hydroxylation is 1. The maximum Gasteiger partial charge on any atom is 0.416 e. The van der Waals surface area contributed by atoms with Crippen LogP contribution in [-0.4, -0.2) is 63.3 Å². The molecule has 23 heavy (non-hydrogen) atoms. The van der Waals surface area contributed by atoms with Crippen LogP contribution in [0.15, 0.2) is 10.9 Å². The number of H-pyrrole nitrogens is 2. The van der Waals surface area contributed by atoms with Crippen LogP contribution < -0.4 is 10.3 Å². The van der Waals surface area contributed by atoms with Crippen LogP contribution in [0.25, 0.3) is 11.0 Å². The van der Waals surface area contributed by atoms with Gasteiger partial charge >= 0.3 is 6.09 Å². The molecule has 3 heterocycles. The Bertz CT molecular complexity index is 799. The van der Waals surface area contributed by atoms with Crippen LogP contribution in [0.1, 0.15) is 18.4 Å². The molecule has 2 aliphatic rings. The number of ether oxygens (including phenoxy) is 1. The molecule has 2 fully saturated rings. The highest BCUT2D eigenvalue weighted by molar-refractivity contribution is 5.86. The van der Waals surface area contributed by atoms with Crippen molar-refractivity contribution < 1.29 is 9.53 Å². The van der Waals surface area contributed by atoms with Crippen LogP contribution in [0, 0.1) is 6.92 Å². The lowest BCUT2D eigenvalue weighted by molar-refractivity contribution is 0.107. The molecule has 0 radical (unpaired) electrons. The van der Waals surface area contributed by atoms with Crippen molar-refractivity contribution in [3.05, 3.63) is 22.0 Å². The molecular formula is C15H19N5O3. The Morgan fingerprint density at radius 3 is 2.74 bits per heavy atom. The first kappa shape index (κ1) is 14.3. The zero-order valence-corrected chi connectivity index (χ0v) is 13.0. The van der Waals surface area contributed by atoms with E-state index in [1.54, 1.807) is 11.8 Å². The molecule has 2 aromatic rings. The Morgan fingerprint density at radius 1 is 1.30 bits per heavy atom. The number of rotatable bonds is 2. The number of amides is 1. The Morgan fingerprint density at radius 2 is 2.04 bits per heavy atom. The summed E-state index contributed by atoms with van der Waals surface area (Å²) in [5.41, 5.74) is 0.975. The second-order valence-corrected chi connectivity index (χ2v) is 6.22. The van der Waals surface area contributed by atoms with E-state index in [9.17, 15) is 9.59 Å². The molecular weight excluding hydrogens is 298 g/mol. The Hall–Kier alpha value is -2.35. The standard InChI is InChI=1S/C15H19N5O3/c1-9-8-11(21)16-13-12(9)14(18-17-13)23-15(22)20-6-4-19(5-7-20)10-2-3-10/h8,10H,2-7H2,1H3,(H2,16,17,18,21). The van der Waals surface area contributed by atoms with Gasteiger partial charge in [-0.15, -0.1) is 5.10 Å². The summed E-state index contributed by atoms with van der Waals surface area (Å²) in [7, 11) is 0. The fraction of sp³-hybridized carbons (Fsp3) is 0.533. The van der Waals surface area contributed by atoms with Crippen LogP contribution >= 0.6 is 0 Å². The molecule has 0 unspecified atom stereocenters. The summed E-state index contributed by atoms with van der Waals surface area (Å²) in [6.45, 7) is 4.93. The van der Waals surface area contributed by atoms with Crippen LogP contribution in [0.2, 0.25) is 0 Å². The van der Waals surface area contributed by atoms with Gasteiger partial charge in [0.05, 0.1) is 5.39 Å². The molecule has 4 rings (SSSR count). The lowest BCUT2D eigenvalue weighted by Crippen LogP contribution is -2.50. The molecule has 0 aromatic carbocycles. The van der Waals surface area contributed by atoms with Crippen molar-refractivity contribution >= 4 is 17.1 Å². The van der Waals surface area contributed by atoms with Gasteiger partial charge in [-0.3, -0.25) is 14.8 Å². The molecule has 1 aliphatic heterocycles. The van der Waals surface area contributed by atoms with Gasteiger partial charge in [-0.05, 0) is 25.3 Å². The minimum atomic E-state index is -0.389. The largest absolute Gasteiger partial charge is 0.416 e. The molecule has 1 saturated heterocycles. The van der Waals surface area contributed by atoms with E-state index in [0.29, 0.717) is 24.1 Å². The number of aromatic nitrogens is 3. The molecule has 8 heteroatoms. The number of pyridine rings is 1. The van der Waals surface area contributed by atoms with Crippen molar-refractivity contribution in [2.45, 2.75) is 25.8 Å². The quantitative estimate of drug-likeness (QED) is 0.856. The van der Waals surface area contributed by atoms with Crippen molar-refractivity contribution in [3.63, 3.8) is 0 Å². The monoisotopic (exact) mass is 317 g/mol. The van der Waals surface area contributed by atoms with E-state index in [-0.39, 0.29) is 17.5 Å². The van der Waals surface area contributed by atoms with Gasteiger partial charge in [0.15, 0.2) is 0 Å². The molecule has 0 spiro atoms. The van der Waals surface area contributed by atoms with E-state index in [2.05, 4.69) is 20.1 Å². The van der Waals surface area contributed by atoms with Crippen LogP contribution in [0.3, 0.4) is 0 Å². The van der Waals surface area contributed by atoms with Crippen molar-refractivity contribution in [1.29, 1.82) is 0 Å². The van der Waals surface area contributed by atoms with Crippen molar-refractivity contribution in [2.24, 2.45) is 0 Å². The van der Waals surface area contributed by atoms with E-state index in [4.69, 9.17) is 4.74 Å². The van der Waals surface area contributed by atoms with Gasteiger partial charge in [0.1, 0.15) is 5.65 Å². The smallest absolute Gasteiger partial charge is 0.389 e. The van der Waals surface area contributed by atoms with Gasteiger partial charge in [0, 0.05) is 38.3 Å². The summed E-state index contributed by atoms with van der Waals surface area (Å²) in [4.78, 5) is 30.6.